The second kappa shape index (κ2) is 9.06. The maximum absolute atomic E-state index is 13.2. The van der Waals surface area contributed by atoms with Gasteiger partial charge in [-0.3, -0.25) is 4.98 Å². The molecule has 2 aromatic heterocycles. The molecule has 4 rings (SSSR count). The van der Waals surface area contributed by atoms with Crippen molar-refractivity contribution >= 4 is 21.1 Å². The predicted molar refractivity (Wildman–Crippen MR) is 121 cm³/mol. The van der Waals surface area contributed by atoms with E-state index < -0.39 is 10.0 Å². The number of hydrogen-bond donors (Lipinski definition) is 0. The van der Waals surface area contributed by atoms with Crippen LogP contribution < -0.4 is 0 Å². The minimum atomic E-state index is -3.53. The molecule has 1 fully saturated rings. The van der Waals surface area contributed by atoms with Crippen LogP contribution in [0.15, 0.2) is 47.6 Å². The van der Waals surface area contributed by atoms with Crippen molar-refractivity contribution < 1.29 is 13.2 Å². The van der Waals surface area contributed by atoms with Crippen molar-refractivity contribution in [1.29, 1.82) is 0 Å². The fourth-order valence-electron chi connectivity index (χ4n) is 4.29. The summed E-state index contributed by atoms with van der Waals surface area (Å²) in [5, 5.41) is 0. The summed E-state index contributed by atoms with van der Waals surface area (Å²) in [7, 11) is -1.85. The maximum Gasteiger partial charge on any atom is 0.243 e. The molecule has 1 aliphatic heterocycles. The van der Waals surface area contributed by atoms with Gasteiger partial charge < -0.3 is 9.30 Å². The van der Waals surface area contributed by atoms with Crippen LogP contribution in [0.4, 0.5) is 0 Å². The Morgan fingerprint density at radius 2 is 1.97 bits per heavy atom. The Labute approximate surface area is 184 Å². The van der Waals surface area contributed by atoms with Crippen LogP contribution in [0.25, 0.3) is 11.0 Å². The second-order valence-electron chi connectivity index (χ2n) is 8.57. The molecular weight excluding hydrogens is 412 g/mol. The van der Waals surface area contributed by atoms with Gasteiger partial charge in [0.05, 0.1) is 28.7 Å². The number of rotatable bonds is 8. The molecule has 1 aromatic carbocycles. The molecule has 7 nitrogen and oxygen atoms in total. The smallest absolute Gasteiger partial charge is 0.243 e. The van der Waals surface area contributed by atoms with Gasteiger partial charge in [-0.15, -0.1) is 0 Å². The van der Waals surface area contributed by atoms with Crippen LogP contribution in [0.1, 0.15) is 37.6 Å². The number of benzene rings is 1. The molecule has 1 atom stereocenters. The first-order chi connectivity index (χ1) is 14.9. The van der Waals surface area contributed by atoms with E-state index in [0.717, 1.165) is 35.3 Å². The lowest BCUT2D eigenvalue weighted by molar-refractivity contribution is 0.187. The van der Waals surface area contributed by atoms with E-state index in [2.05, 4.69) is 23.4 Å². The average molecular weight is 443 g/mol. The van der Waals surface area contributed by atoms with Gasteiger partial charge in [0.15, 0.2) is 0 Å². The number of nitrogens with zero attached hydrogens (tertiary/aromatic N) is 4. The number of imidazole rings is 1. The summed E-state index contributed by atoms with van der Waals surface area (Å²) in [6, 6.07) is 9.22. The number of sulfonamides is 1. The second-order valence-corrected chi connectivity index (χ2v) is 10.5. The van der Waals surface area contributed by atoms with Gasteiger partial charge in [0, 0.05) is 38.9 Å². The molecule has 0 saturated carbocycles. The SMILES string of the molecule is COCCn1c([C@@H]2CCN(S(=O)(=O)c3ccc(CC(C)C)cc3)C2)nc2ccncc21. The largest absolute Gasteiger partial charge is 0.383 e. The lowest BCUT2D eigenvalue weighted by Crippen LogP contribution is -2.29. The van der Waals surface area contributed by atoms with E-state index in [4.69, 9.17) is 9.72 Å². The number of pyridine rings is 1. The van der Waals surface area contributed by atoms with Gasteiger partial charge in [-0.1, -0.05) is 26.0 Å². The van der Waals surface area contributed by atoms with Crippen LogP contribution in [0.3, 0.4) is 0 Å². The highest BCUT2D eigenvalue weighted by Gasteiger charge is 2.35. The summed E-state index contributed by atoms with van der Waals surface area (Å²) in [5.41, 5.74) is 2.99. The van der Waals surface area contributed by atoms with Gasteiger partial charge in [-0.05, 0) is 42.5 Å². The first-order valence-corrected chi connectivity index (χ1v) is 12.2. The van der Waals surface area contributed by atoms with Crippen molar-refractivity contribution in [3.63, 3.8) is 0 Å². The van der Waals surface area contributed by atoms with Crippen LogP contribution >= 0.6 is 0 Å². The Kier molecular flexibility index (Phi) is 6.41. The topological polar surface area (TPSA) is 77.3 Å². The fourth-order valence-corrected chi connectivity index (χ4v) is 5.79. The molecule has 0 unspecified atom stereocenters. The monoisotopic (exact) mass is 442 g/mol. The molecule has 1 saturated heterocycles. The Hall–Kier alpha value is -2.29. The van der Waals surface area contributed by atoms with Gasteiger partial charge in [-0.25, -0.2) is 13.4 Å². The van der Waals surface area contributed by atoms with E-state index in [-0.39, 0.29) is 5.92 Å². The number of fused-ring (bicyclic) bond motifs is 1. The van der Waals surface area contributed by atoms with E-state index in [9.17, 15) is 8.42 Å². The zero-order valence-corrected chi connectivity index (χ0v) is 19.2. The average Bonchev–Trinajstić information content (AvgIpc) is 3.37. The highest BCUT2D eigenvalue weighted by atomic mass is 32.2. The van der Waals surface area contributed by atoms with Crippen LogP contribution in [-0.2, 0) is 27.7 Å². The molecule has 0 radical (unpaired) electrons. The van der Waals surface area contributed by atoms with Crippen LogP contribution in [0, 0.1) is 5.92 Å². The number of ether oxygens (including phenoxy) is 1. The molecule has 1 aliphatic rings. The van der Waals surface area contributed by atoms with Crippen molar-refractivity contribution in [2.24, 2.45) is 5.92 Å². The Bertz CT molecular complexity index is 1140. The van der Waals surface area contributed by atoms with Gasteiger partial charge in [0.1, 0.15) is 5.82 Å². The molecule has 8 heteroatoms. The lowest BCUT2D eigenvalue weighted by atomic mass is 10.0. The minimum absolute atomic E-state index is 0.0410. The Morgan fingerprint density at radius 3 is 2.68 bits per heavy atom. The lowest BCUT2D eigenvalue weighted by Gasteiger charge is -2.18. The van der Waals surface area contributed by atoms with Gasteiger partial charge in [0.25, 0.3) is 0 Å². The van der Waals surface area contributed by atoms with E-state index in [1.54, 1.807) is 29.7 Å². The normalized spacial score (nSPS) is 17.7. The first-order valence-electron chi connectivity index (χ1n) is 10.8. The molecule has 31 heavy (non-hydrogen) atoms. The van der Waals surface area contributed by atoms with Crippen LogP contribution in [0.2, 0.25) is 0 Å². The molecule has 0 spiro atoms. The molecule has 166 valence electrons. The third-order valence-corrected chi connectivity index (χ3v) is 7.70. The van der Waals surface area contributed by atoms with Crippen molar-refractivity contribution in [1.82, 2.24) is 18.8 Å². The summed E-state index contributed by atoms with van der Waals surface area (Å²) in [4.78, 5) is 9.41. The summed E-state index contributed by atoms with van der Waals surface area (Å²) in [6.07, 6.45) is 5.23. The van der Waals surface area contributed by atoms with E-state index in [0.29, 0.717) is 37.1 Å². The Balaban J connectivity index is 1.56. The van der Waals surface area contributed by atoms with Crippen molar-refractivity contribution in [2.45, 2.75) is 44.0 Å². The van der Waals surface area contributed by atoms with Crippen LogP contribution in [0.5, 0.6) is 0 Å². The number of aromatic nitrogens is 3. The first kappa shape index (κ1) is 21.9. The highest BCUT2D eigenvalue weighted by molar-refractivity contribution is 7.89. The summed E-state index contributed by atoms with van der Waals surface area (Å²) in [5.74, 6) is 1.48. The number of hydrogen-bond acceptors (Lipinski definition) is 5. The Morgan fingerprint density at radius 1 is 1.19 bits per heavy atom. The molecule has 3 heterocycles. The molecular formula is C23H30N4O3S. The summed E-state index contributed by atoms with van der Waals surface area (Å²) in [6.45, 7) is 6.46. The molecule has 0 aliphatic carbocycles. The van der Waals surface area contributed by atoms with Gasteiger partial charge >= 0.3 is 0 Å². The maximum atomic E-state index is 13.2. The quantitative estimate of drug-likeness (QED) is 0.534. The zero-order chi connectivity index (χ0) is 22.0. The summed E-state index contributed by atoms with van der Waals surface area (Å²) >= 11 is 0. The van der Waals surface area contributed by atoms with E-state index in [1.807, 2.05) is 24.4 Å². The fraction of sp³-hybridized carbons (Fsp3) is 0.478. The molecule has 0 N–H and O–H groups in total. The van der Waals surface area contributed by atoms with Crippen molar-refractivity contribution in [3.8, 4) is 0 Å². The van der Waals surface area contributed by atoms with Crippen molar-refractivity contribution in [3.05, 3.63) is 54.1 Å². The standard InChI is InChI=1S/C23H30N4O3S/c1-17(2)14-18-4-6-20(7-5-18)31(28,29)26-11-9-19(16-26)23-25-21-8-10-24-15-22(21)27(23)12-13-30-3/h4-8,10,15,17,19H,9,11-14,16H2,1-3H3/t19-/m1/s1. The predicted octanol–water partition coefficient (Wildman–Crippen LogP) is 3.45. The summed E-state index contributed by atoms with van der Waals surface area (Å²) < 4.78 is 35.5. The highest BCUT2D eigenvalue weighted by Crippen LogP contribution is 2.32. The zero-order valence-electron chi connectivity index (χ0n) is 18.4. The van der Waals surface area contributed by atoms with E-state index in [1.165, 1.54) is 0 Å². The van der Waals surface area contributed by atoms with Gasteiger partial charge in [0.2, 0.25) is 10.0 Å². The third-order valence-electron chi connectivity index (χ3n) is 5.82. The van der Waals surface area contributed by atoms with Gasteiger partial charge in [-0.2, -0.15) is 4.31 Å². The molecule has 3 aromatic rings. The molecule has 0 amide bonds. The number of methoxy groups -OCH3 is 1. The van der Waals surface area contributed by atoms with E-state index >= 15 is 0 Å². The molecule has 0 bridgehead atoms. The van der Waals surface area contributed by atoms with Crippen molar-refractivity contribution in [2.75, 3.05) is 26.8 Å². The van der Waals surface area contributed by atoms with Crippen LogP contribution in [-0.4, -0.2) is 54.1 Å². The minimum Gasteiger partial charge on any atom is -0.383 e. The third kappa shape index (κ3) is 4.51.